The molecular formula is C10H24HfN2-2. The average molecular weight is 351 g/mol. The third kappa shape index (κ3) is 32.3. The quantitative estimate of drug-likeness (QED) is 0.517. The maximum atomic E-state index is 4.09. The summed E-state index contributed by atoms with van der Waals surface area (Å²) < 4.78 is 0. The molecular weight excluding hydrogens is 327 g/mol. The van der Waals surface area contributed by atoms with Crippen molar-refractivity contribution in [1.29, 1.82) is 0 Å². The molecule has 13 heavy (non-hydrogen) atoms. The van der Waals surface area contributed by atoms with Crippen LogP contribution in [-0.4, -0.2) is 26.2 Å². The summed E-state index contributed by atoms with van der Waals surface area (Å²) in [6, 6.07) is 0. The van der Waals surface area contributed by atoms with Gasteiger partial charge in [-0.3, -0.25) is 0 Å². The Hall–Kier alpha value is 0.790. The summed E-state index contributed by atoms with van der Waals surface area (Å²) in [4.78, 5) is 0. The van der Waals surface area contributed by atoms with Gasteiger partial charge in [0.15, 0.2) is 0 Å². The van der Waals surface area contributed by atoms with E-state index in [-0.39, 0.29) is 25.8 Å². The van der Waals surface area contributed by atoms with E-state index in [0.717, 1.165) is 26.2 Å². The van der Waals surface area contributed by atoms with Gasteiger partial charge in [0.25, 0.3) is 0 Å². The molecule has 0 saturated carbocycles. The molecule has 0 N–H and O–H groups in total. The van der Waals surface area contributed by atoms with Crippen LogP contribution in [0.15, 0.2) is 0 Å². The number of hydrogen-bond donors (Lipinski definition) is 0. The molecule has 0 aliphatic rings. The second kappa shape index (κ2) is 23.0. The van der Waals surface area contributed by atoms with Gasteiger partial charge in [-0.05, 0) is 0 Å². The van der Waals surface area contributed by atoms with E-state index in [1.807, 2.05) is 0 Å². The van der Waals surface area contributed by atoms with E-state index in [1.165, 1.54) is 12.8 Å². The Morgan fingerprint density at radius 2 is 1.00 bits per heavy atom. The van der Waals surface area contributed by atoms with Gasteiger partial charge in [0.1, 0.15) is 0 Å². The first-order valence-corrected chi connectivity index (χ1v) is 5.09. The monoisotopic (exact) mass is 352 g/mol. The molecule has 0 unspecified atom stereocenters. The SMILES string of the molecule is CCC[N-]CC.CCC[N-]CC.[Hf]. The predicted molar refractivity (Wildman–Crippen MR) is 58.1 cm³/mol. The molecule has 0 rings (SSSR count). The second-order valence-corrected chi connectivity index (χ2v) is 2.53. The molecule has 80 valence electrons. The Balaban J connectivity index is -0.000000143. The molecule has 0 aliphatic heterocycles. The zero-order valence-corrected chi connectivity index (χ0v) is 13.2. The van der Waals surface area contributed by atoms with Crippen molar-refractivity contribution in [1.82, 2.24) is 0 Å². The Morgan fingerprint density at radius 3 is 1.08 bits per heavy atom. The minimum absolute atomic E-state index is 0. The van der Waals surface area contributed by atoms with Crippen molar-refractivity contribution >= 4 is 0 Å². The zero-order valence-electron chi connectivity index (χ0n) is 9.64. The Kier molecular flexibility index (Phi) is 34.3. The van der Waals surface area contributed by atoms with E-state index in [0.29, 0.717) is 0 Å². The van der Waals surface area contributed by atoms with E-state index in [9.17, 15) is 0 Å². The second-order valence-electron chi connectivity index (χ2n) is 2.53. The Morgan fingerprint density at radius 1 is 0.692 bits per heavy atom. The molecule has 0 atom stereocenters. The fourth-order valence-electron chi connectivity index (χ4n) is 0.632. The first-order valence-electron chi connectivity index (χ1n) is 5.09. The molecule has 0 aromatic heterocycles. The summed E-state index contributed by atoms with van der Waals surface area (Å²) in [5.41, 5.74) is 0. The summed E-state index contributed by atoms with van der Waals surface area (Å²) in [7, 11) is 0. The molecule has 0 aromatic rings. The Bertz CT molecular complexity index is 44.9. The first-order chi connectivity index (χ1) is 5.83. The molecule has 0 bridgehead atoms. The van der Waals surface area contributed by atoms with Gasteiger partial charge < -0.3 is 10.6 Å². The molecule has 0 fully saturated rings. The van der Waals surface area contributed by atoms with Crippen LogP contribution >= 0.6 is 0 Å². The van der Waals surface area contributed by atoms with Gasteiger partial charge >= 0.3 is 0 Å². The van der Waals surface area contributed by atoms with Crippen LogP contribution in [0.1, 0.15) is 40.5 Å². The van der Waals surface area contributed by atoms with Crippen molar-refractivity contribution in [3.63, 3.8) is 0 Å². The van der Waals surface area contributed by atoms with Crippen molar-refractivity contribution in [2.45, 2.75) is 40.5 Å². The molecule has 0 amide bonds. The van der Waals surface area contributed by atoms with Gasteiger partial charge in [-0.1, -0.05) is 40.5 Å². The van der Waals surface area contributed by atoms with E-state index in [1.54, 1.807) is 0 Å². The standard InChI is InChI=1S/2C5H12N.Hf/c2*1-3-5-6-4-2;/h2*3-5H2,1-2H3;/q2*-1;. The third-order valence-electron chi connectivity index (χ3n) is 1.21. The van der Waals surface area contributed by atoms with Crippen LogP contribution in [0.3, 0.4) is 0 Å². The van der Waals surface area contributed by atoms with E-state index in [2.05, 4.69) is 38.3 Å². The number of nitrogens with zero attached hydrogens (tertiary/aromatic N) is 2. The maximum absolute atomic E-state index is 4.09. The van der Waals surface area contributed by atoms with Gasteiger partial charge in [0.05, 0.1) is 0 Å². The van der Waals surface area contributed by atoms with Crippen molar-refractivity contribution in [2.75, 3.05) is 26.2 Å². The zero-order chi connectivity index (χ0) is 9.66. The number of rotatable bonds is 6. The molecule has 0 aliphatic carbocycles. The number of hydrogen-bond acceptors (Lipinski definition) is 0. The first kappa shape index (κ1) is 19.4. The molecule has 0 spiro atoms. The topological polar surface area (TPSA) is 28.2 Å². The van der Waals surface area contributed by atoms with Crippen LogP contribution in [0.2, 0.25) is 0 Å². The van der Waals surface area contributed by atoms with Crippen molar-refractivity contribution in [2.24, 2.45) is 0 Å². The fraction of sp³-hybridized carbons (Fsp3) is 1.00. The van der Waals surface area contributed by atoms with E-state index >= 15 is 0 Å². The minimum Gasteiger partial charge on any atom is -0.662 e. The summed E-state index contributed by atoms with van der Waals surface area (Å²) in [6.07, 6.45) is 2.38. The van der Waals surface area contributed by atoms with E-state index in [4.69, 9.17) is 0 Å². The van der Waals surface area contributed by atoms with Crippen molar-refractivity contribution in [3.8, 4) is 0 Å². The smallest absolute Gasteiger partial charge is 0 e. The predicted octanol–water partition coefficient (Wildman–Crippen LogP) is 3.58. The summed E-state index contributed by atoms with van der Waals surface area (Å²) in [5.74, 6) is 0. The molecule has 0 radical (unpaired) electrons. The van der Waals surface area contributed by atoms with Crippen LogP contribution < -0.4 is 0 Å². The summed E-state index contributed by atoms with van der Waals surface area (Å²) in [6.45, 7) is 12.4. The largest absolute Gasteiger partial charge is 0.662 e. The molecule has 2 nitrogen and oxygen atoms in total. The third-order valence-corrected chi connectivity index (χ3v) is 1.21. The van der Waals surface area contributed by atoms with Crippen LogP contribution in [0, 0.1) is 0 Å². The van der Waals surface area contributed by atoms with Gasteiger partial charge in [0.2, 0.25) is 0 Å². The Labute approximate surface area is 103 Å². The van der Waals surface area contributed by atoms with Gasteiger partial charge in [0, 0.05) is 25.8 Å². The summed E-state index contributed by atoms with van der Waals surface area (Å²) in [5, 5.41) is 8.18. The van der Waals surface area contributed by atoms with Crippen molar-refractivity contribution in [3.05, 3.63) is 10.6 Å². The van der Waals surface area contributed by atoms with Gasteiger partial charge in [-0.15, -0.1) is 13.1 Å². The van der Waals surface area contributed by atoms with Crippen molar-refractivity contribution < 1.29 is 25.8 Å². The van der Waals surface area contributed by atoms with Crippen LogP contribution in [-0.2, 0) is 25.8 Å². The molecule has 0 saturated heterocycles. The molecule has 0 aromatic carbocycles. The van der Waals surface area contributed by atoms with E-state index < -0.39 is 0 Å². The average Bonchev–Trinajstić information content (AvgIpc) is 2.12. The molecule has 3 heteroatoms. The summed E-state index contributed by atoms with van der Waals surface area (Å²) >= 11 is 0. The fourth-order valence-corrected chi connectivity index (χ4v) is 0.632. The van der Waals surface area contributed by atoms with Crippen LogP contribution in [0.25, 0.3) is 10.6 Å². The van der Waals surface area contributed by atoms with Gasteiger partial charge in [-0.2, -0.15) is 13.1 Å². The van der Waals surface area contributed by atoms with Gasteiger partial charge in [-0.25, -0.2) is 0 Å². The molecule has 0 heterocycles. The van der Waals surface area contributed by atoms with Crippen LogP contribution in [0.4, 0.5) is 0 Å². The van der Waals surface area contributed by atoms with Crippen LogP contribution in [0.5, 0.6) is 0 Å². The normalized spacial score (nSPS) is 8.31. The maximum Gasteiger partial charge on any atom is 0 e. The minimum atomic E-state index is 0.